The third-order valence-corrected chi connectivity index (χ3v) is 12.8. The van der Waals surface area contributed by atoms with Gasteiger partial charge < -0.3 is 20.7 Å². The van der Waals surface area contributed by atoms with Gasteiger partial charge in [-0.05, 0) is 51.4 Å². The van der Waals surface area contributed by atoms with Gasteiger partial charge in [0.1, 0.15) is 6.10 Å². The number of esters is 1. The lowest BCUT2D eigenvalue weighted by molar-refractivity contribution is -0.150. The molecule has 0 bridgehead atoms. The summed E-state index contributed by atoms with van der Waals surface area (Å²) in [6, 6.07) is -0.118. The summed E-state index contributed by atoms with van der Waals surface area (Å²) in [7, 11) is 0. The van der Waals surface area contributed by atoms with E-state index in [0.717, 1.165) is 94.9 Å². The summed E-state index contributed by atoms with van der Waals surface area (Å²) in [4.78, 5) is 52.9. The number of carbonyl (C=O) groups is 4. The molecule has 3 atom stereocenters. The largest absolute Gasteiger partial charge is 0.462 e. The zero-order chi connectivity index (χ0) is 40.3. The van der Waals surface area contributed by atoms with Crippen LogP contribution in [0.15, 0.2) is 4.99 Å². The van der Waals surface area contributed by atoms with Gasteiger partial charge in [-0.2, -0.15) is 4.99 Å². The van der Waals surface area contributed by atoms with Crippen LogP contribution in [0.3, 0.4) is 0 Å². The van der Waals surface area contributed by atoms with E-state index in [9.17, 15) is 19.2 Å². The topological polar surface area (TPSA) is 126 Å². The van der Waals surface area contributed by atoms with Crippen molar-refractivity contribution in [2.75, 3.05) is 18.8 Å². The van der Waals surface area contributed by atoms with Crippen molar-refractivity contribution in [3.63, 3.8) is 0 Å². The van der Waals surface area contributed by atoms with Crippen molar-refractivity contribution >= 4 is 41.3 Å². The van der Waals surface area contributed by atoms with Crippen LogP contribution in [0.25, 0.3) is 0 Å². The quantitative estimate of drug-likeness (QED) is 0.0419. The molecule has 2 aliphatic rings. The van der Waals surface area contributed by atoms with Crippen molar-refractivity contribution < 1.29 is 23.9 Å². The van der Waals surface area contributed by atoms with Crippen LogP contribution in [0.2, 0.25) is 0 Å². The maximum Gasteiger partial charge on any atom is 0.341 e. The number of hydrogen-bond acceptors (Lipinski definition) is 6. The molecule has 0 aliphatic carbocycles. The molecule has 0 aromatic carbocycles. The number of carbonyl (C=O) groups excluding carboxylic acids is 4. The number of aliphatic imine (C=N–C) groups is 1. The first kappa shape index (κ1) is 50.0. The fourth-order valence-electron chi connectivity index (χ4n) is 7.91. The van der Waals surface area contributed by atoms with Crippen LogP contribution in [0, 0.1) is 0 Å². The Morgan fingerprint density at radius 3 is 1.55 bits per heavy atom. The van der Waals surface area contributed by atoms with Gasteiger partial charge in [0.15, 0.2) is 0 Å². The number of nitrogens with zero attached hydrogens (tertiary/aromatic N) is 1. The Labute approximate surface area is 347 Å². The number of amides is 4. The standard InChI is InChI=1S/C46H84N4O5S/c1-3-5-7-9-11-12-13-14-15-16-18-23-27-35-44(53)55-39(30-24-20-17-10-8-6-4-2)31-25-21-19-22-26-33-42(51)47-36-37-48-43(52)34-29-28-32-41-45-40(38-56-41)49-46(54)50-45/h39-41H,3-38H2,1-2H3,(H,47,51)(H,48,52)(H,49,54)/t39?,40-,41-/m0/s1. The van der Waals surface area contributed by atoms with Crippen LogP contribution in [-0.2, 0) is 19.1 Å². The van der Waals surface area contributed by atoms with Gasteiger partial charge in [0, 0.05) is 43.4 Å². The van der Waals surface area contributed by atoms with Crippen LogP contribution in [0.1, 0.15) is 226 Å². The Balaban J connectivity index is 1.46. The lowest BCUT2D eigenvalue weighted by atomic mass is 10.0. The maximum atomic E-state index is 12.8. The van der Waals surface area contributed by atoms with E-state index in [-0.39, 0.29) is 41.2 Å². The van der Waals surface area contributed by atoms with E-state index in [1.165, 1.54) is 109 Å². The van der Waals surface area contributed by atoms with Crippen molar-refractivity contribution in [1.29, 1.82) is 0 Å². The number of nitrogens with one attached hydrogen (secondary N) is 3. The molecule has 1 unspecified atom stereocenters. The Hall–Kier alpha value is -2.10. The second-order valence-electron chi connectivity index (χ2n) is 16.6. The molecule has 1 saturated heterocycles. The molecule has 10 heteroatoms. The van der Waals surface area contributed by atoms with Crippen molar-refractivity contribution in [3.05, 3.63) is 0 Å². The molecule has 1 fully saturated rings. The molecule has 0 spiro atoms. The smallest absolute Gasteiger partial charge is 0.341 e. The zero-order valence-electron chi connectivity index (χ0n) is 36.1. The highest BCUT2D eigenvalue weighted by Crippen LogP contribution is 2.31. The summed E-state index contributed by atoms with van der Waals surface area (Å²) in [5, 5.41) is 9.00. The molecular weight excluding hydrogens is 721 g/mol. The van der Waals surface area contributed by atoms with Crippen molar-refractivity contribution in [3.8, 4) is 0 Å². The lowest BCUT2D eigenvalue weighted by Gasteiger charge is -2.18. The Morgan fingerprint density at radius 2 is 1.05 bits per heavy atom. The summed E-state index contributed by atoms with van der Waals surface area (Å²) in [6.07, 6.45) is 37.2. The van der Waals surface area contributed by atoms with Crippen LogP contribution in [-0.4, -0.2) is 65.8 Å². The monoisotopic (exact) mass is 805 g/mol. The molecule has 56 heavy (non-hydrogen) atoms. The van der Waals surface area contributed by atoms with E-state index in [2.05, 4.69) is 34.8 Å². The predicted molar refractivity (Wildman–Crippen MR) is 236 cm³/mol. The van der Waals surface area contributed by atoms with Gasteiger partial charge in [0.05, 0.1) is 11.8 Å². The first-order chi connectivity index (χ1) is 27.4. The molecule has 324 valence electrons. The normalized spacial score (nSPS) is 16.7. The molecule has 0 aromatic rings. The van der Waals surface area contributed by atoms with Crippen molar-refractivity contribution in [1.82, 2.24) is 16.0 Å². The SMILES string of the molecule is CCCCCCCCCCCCCCCC(=O)OC(CCCCCCCCC)CCCCCCCC(=O)NCCNC(=O)CCCC[C@@H]1SC[C@@H]2NC(=O)N=C21. The van der Waals surface area contributed by atoms with Crippen molar-refractivity contribution in [2.24, 2.45) is 4.99 Å². The average Bonchev–Trinajstić information content (AvgIpc) is 3.74. The maximum absolute atomic E-state index is 12.8. The first-order valence-corrected chi connectivity index (χ1v) is 24.7. The van der Waals surface area contributed by atoms with Crippen LogP contribution in [0.4, 0.5) is 4.79 Å². The van der Waals surface area contributed by atoms with E-state index in [0.29, 0.717) is 32.4 Å². The summed E-state index contributed by atoms with van der Waals surface area (Å²) in [6.45, 7) is 5.42. The van der Waals surface area contributed by atoms with Gasteiger partial charge in [-0.25, -0.2) is 4.79 Å². The third kappa shape index (κ3) is 26.7. The second kappa shape index (κ2) is 34.9. The summed E-state index contributed by atoms with van der Waals surface area (Å²) < 4.78 is 6.05. The minimum Gasteiger partial charge on any atom is -0.462 e. The number of ether oxygens (including phenoxy) is 1. The van der Waals surface area contributed by atoms with Gasteiger partial charge in [-0.15, -0.1) is 11.8 Å². The van der Waals surface area contributed by atoms with Crippen LogP contribution in [0.5, 0.6) is 0 Å². The van der Waals surface area contributed by atoms with E-state index in [1.807, 2.05) is 11.8 Å². The molecule has 2 rings (SSSR count). The highest BCUT2D eigenvalue weighted by atomic mass is 32.2. The average molecular weight is 805 g/mol. The predicted octanol–water partition coefficient (Wildman–Crippen LogP) is 11.7. The van der Waals surface area contributed by atoms with E-state index >= 15 is 0 Å². The summed E-state index contributed by atoms with van der Waals surface area (Å²) >= 11 is 1.84. The number of hydrogen-bond donors (Lipinski definition) is 3. The molecule has 9 nitrogen and oxygen atoms in total. The van der Waals surface area contributed by atoms with Crippen LogP contribution < -0.4 is 16.0 Å². The number of fused-ring (bicyclic) bond motifs is 1. The van der Waals surface area contributed by atoms with E-state index < -0.39 is 0 Å². The highest BCUT2D eigenvalue weighted by Gasteiger charge is 2.37. The molecule has 0 aromatic heterocycles. The number of thioether (sulfide) groups is 1. The molecule has 2 heterocycles. The Morgan fingerprint density at radius 1 is 0.625 bits per heavy atom. The zero-order valence-corrected chi connectivity index (χ0v) is 36.9. The van der Waals surface area contributed by atoms with Gasteiger partial charge in [-0.1, -0.05) is 155 Å². The van der Waals surface area contributed by atoms with Gasteiger partial charge >= 0.3 is 12.0 Å². The number of unbranched alkanes of at least 4 members (excludes halogenated alkanes) is 23. The minimum atomic E-state index is -0.221. The van der Waals surface area contributed by atoms with Gasteiger partial charge in [-0.3, -0.25) is 14.4 Å². The van der Waals surface area contributed by atoms with E-state index in [1.54, 1.807) is 0 Å². The minimum absolute atomic E-state index is 0.00290. The van der Waals surface area contributed by atoms with E-state index in [4.69, 9.17) is 4.74 Å². The fourth-order valence-corrected chi connectivity index (χ4v) is 9.31. The second-order valence-corrected chi connectivity index (χ2v) is 17.9. The molecule has 4 amide bonds. The van der Waals surface area contributed by atoms with Crippen molar-refractivity contribution in [2.45, 2.75) is 243 Å². The summed E-state index contributed by atoms with van der Waals surface area (Å²) in [5.41, 5.74) is 0.979. The molecule has 0 radical (unpaired) electrons. The fraction of sp³-hybridized carbons (Fsp3) is 0.891. The molecule has 0 saturated carbocycles. The number of rotatable bonds is 39. The molecule has 3 N–H and O–H groups in total. The molecular formula is C46H84N4O5S. The number of urea groups is 1. The molecule has 2 aliphatic heterocycles. The van der Waals surface area contributed by atoms with Gasteiger partial charge in [0.25, 0.3) is 0 Å². The Bertz CT molecular complexity index is 1070. The van der Waals surface area contributed by atoms with Crippen LogP contribution >= 0.6 is 11.8 Å². The third-order valence-electron chi connectivity index (χ3n) is 11.4. The summed E-state index contributed by atoms with van der Waals surface area (Å²) in [5.74, 6) is 0.942. The Kier molecular flexibility index (Phi) is 31.2. The lowest BCUT2D eigenvalue weighted by Crippen LogP contribution is -2.34. The van der Waals surface area contributed by atoms with Gasteiger partial charge in [0.2, 0.25) is 11.8 Å². The first-order valence-electron chi connectivity index (χ1n) is 23.7. The highest BCUT2D eigenvalue weighted by molar-refractivity contribution is 8.01.